The van der Waals surface area contributed by atoms with Crippen LogP contribution >= 0.6 is 0 Å². The Morgan fingerprint density at radius 1 is 1.23 bits per heavy atom. The molecule has 2 aromatic carbocycles. The molecule has 6 heteroatoms. The average Bonchev–Trinajstić information content (AvgIpc) is 2.54. The highest BCUT2D eigenvalue weighted by molar-refractivity contribution is 5.95. The van der Waals surface area contributed by atoms with Crippen LogP contribution in [0, 0.1) is 10.1 Å². The first kappa shape index (κ1) is 15.5. The van der Waals surface area contributed by atoms with Crippen molar-refractivity contribution in [3.63, 3.8) is 0 Å². The second-order valence-corrected chi connectivity index (χ2v) is 4.76. The average molecular weight is 300 g/mol. The molecule has 22 heavy (non-hydrogen) atoms. The number of nitro benzene ring substituents is 1. The van der Waals surface area contributed by atoms with Gasteiger partial charge in [0.15, 0.2) is 0 Å². The number of anilines is 1. The van der Waals surface area contributed by atoms with Crippen LogP contribution in [0.3, 0.4) is 0 Å². The topological polar surface area (TPSA) is 81.5 Å². The van der Waals surface area contributed by atoms with E-state index in [4.69, 9.17) is 0 Å². The van der Waals surface area contributed by atoms with Crippen molar-refractivity contribution < 1.29 is 14.5 Å². The highest BCUT2D eigenvalue weighted by atomic mass is 16.6. The van der Waals surface area contributed by atoms with Crippen LogP contribution in [0.5, 0.6) is 0 Å². The number of esters is 1. The number of methoxy groups -OCH3 is 1. The molecule has 0 aliphatic carbocycles. The van der Waals surface area contributed by atoms with Crippen molar-refractivity contribution in [3.8, 4) is 0 Å². The first-order valence-electron chi connectivity index (χ1n) is 6.71. The second kappa shape index (κ2) is 6.71. The second-order valence-electron chi connectivity index (χ2n) is 4.76. The van der Waals surface area contributed by atoms with E-state index in [0.717, 1.165) is 5.56 Å². The SMILES string of the molecule is COC(=O)c1cc(NC(C)c2ccccc2)ccc1[N+](=O)[O-]. The third-order valence-corrected chi connectivity index (χ3v) is 3.28. The predicted molar refractivity (Wildman–Crippen MR) is 82.9 cm³/mol. The highest BCUT2D eigenvalue weighted by Gasteiger charge is 2.21. The van der Waals surface area contributed by atoms with E-state index in [2.05, 4.69) is 10.1 Å². The number of rotatable bonds is 5. The van der Waals surface area contributed by atoms with Gasteiger partial charge in [-0.3, -0.25) is 10.1 Å². The fraction of sp³-hybridized carbons (Fsp3) is 0.188. The summed E-state index contributed by atoms with van der Waals surface area (Å²) in [6, 6.07) is 14.0. The molecule has 0 spiro atoms. The van der Waals surface area contributed by atoms with Crippen molar-refractivity contribution in [2.75, 3.05) is 12.4 Å². The molecule has 0 bridgehead atoms. The molecule has 2 aromatic rings. The molecule has 0 heterocycles. The van der Waals surface area contributed by atoms with Crippen LogP contribution in [0.1, 0.15) is 28.9 Å². The molecular weight excluding hydrogens is 284 g/mol. The number of hydrogen-bond donors (Lipinski definition) is 1. The van der Waals surface area contributed by atoms with Crippen molar-refractivity contribution in [1.82, 2.24) is 0 Å². The van der Waals surface area contributed by atoms with Crippen LogP contribution in [-0.4, -0.2) is 18.0 Å². The van der Waals surface area contributed by atoms with Crippen molar-refractivity contribution in [2.45, 2.75) is 13.0 Å². The zero-order valence-corrected chi connectivity index (χ0v) is 12.3. The van der Waals surface area contributed by atoms with Crippen molar-refractivity contribution in [3.05, 3.63) is 69.8 Å². The molecule has 1 N–H and O–H groups in total. The lowest BCUT2D eigenvalue weighted by Crippen LogP contribution is -2.09. The minimum absolute atomic E-state index is 0.00634. The molecule has 114 valence electrons. The van der Waals surface area contributed by atoms with Gasteiger partial charge in [0.05, 0.1) is 12.0 Å². The van der Waals surface area contributed by atoms with Crippen LogP contribution < -0.4 is 5.32 Å². The summed E-state index contributed by atoms with van der Waals surface area (Å²) in [5.74, 6) is -0.734. The summed E-state index contributed by atoms with van der Waals surface area (Å²) in [6.07, 6.45) is 0. The number of carbonyl (C=O) groups excluding carboxylic acids is 1. The molecule has 1 atom stereocenters. The number of nitrogens with zero attached hydrogens (tertiary/aromatic N) is 1. The molecule has 0 aliphatic heterocycles. The van der Waals surface area contributed by atoms with Crippen LogP contribution in [0.25, 0.3) is 0 Å². The molecular formula is C16H16N2O4. The summed E-state index contributed by atoms with van der Waals surface area (Å²) in [7, 11) is 1.19. The maximum atomic E-state index is 11.7. The predicted octanol–water partition coefficient (Wildman–Crippen LogP) is 3.55. The van der Waals surface area contributed by atoms with Crippen LogP contribution in [-0.2, 0) is 4.74 Å². The van der Waals surface area contributed by atoms with Gasteiger partial charge in [0.25, 0.3) is 5.69 Å². The van der Waals surface area contributed by atoms with E-state index in [1.54, 1.807) is 6.07 Å². The molecule has 2 rings (SSSR count). The lowest BCUT2D eigenvalue weighted by atomic mass is 10.1. The highest BCUT2D eigenvalue weighted by Crippen LogP contribution is 2.26. The minimum Gasteiger partial charge on any atom is -0.465 e. The Morgan fingerprint density at radius 2 is 1.91 bits per heavy atom. The largest absolute Gasteiger partial charge is 0.465 e. The Hall–Kier alpha value is -2.89. The van der Waals surface area contributed by atoms with Gasteiger partial charge in [-0.05, 0) is 24.6 Å². The van der Waals surface area contributed by atoms with E-state index in [9.17, 15) is 14.9 Å². The smallest absolute Gasteiger partial charge is 0.344 e. The lowest BCUT2D eigenvalue weighted by Gasteiger charge is -2.16. The number of carbonyl (C=O) groups is 1. The Balaban J connectivity index is 2.29. The summed E-state index contributed by atoms with van der Waals surface area (Å²) >= 11 is 0. The van der Waals surface area contributed by atoms with Gasteiger partial charge in [0.2, 0.25) is 0 Å². The Labute approximate surface area is 127 Å². The molecule has 0 radical (unpaired) electrons. The van der Waals surface area contributed by atoms with Gasteiger partial charge in [0.1, 0.15) is 5.56 Å². The number of ether oxygens (including phenoxy) is 1. The van der Waals surface area contributed by atoms with Gasteiger partial charge in [-0.15, -0.1) is 0 Å². The van der Waals surface area contributed by atoms with Crippen LogP contribution in [0.4, 0.5) is 11.4 Å². The number of hydrogen-bond acceptors (Lipinski definition) is 5. The van der Waals surface area contributed by atoms with Gasteiger partial charge < -0.3 is 10.1 Å². The van der Waals surface area contributed by atoms with Gasteiger partial charge in [-0.2, -0.15) is 0 Å². The van der Waals surface area contributed by atoms with Gasteiger partial charge in [-0.1, -0.05) is 30.3 Å². The van der Waals surface area contributed by atoms with E-state index < -0.39 is 10.9 Å². The first-order valence-corrected chi connectivity index (χ1v) is 6.71. The van der Waals surface area contributed by atoms with Crippen LogP contribution in [0.15, 0.2) is 48.5 Å². The van der Waals surface area contributed by atoms with E-state index in [0.29, 0.717) is 5.69 Å². The third kappa shape index (κ3) is 3.41. The molecule has 0 aliphatic rings. The normalized spacial score (nSPS) is 11.5. The summed E-state index contributed by atoms with van der Waals surface area (Å²) in [4.78, 5) is 22.1. The summed E-state index contributed by atoms with van der Waals surface area (Å²) in [5, 5.41) is 14.2. The minimum atomic E-state index is -0.734. The molecule has 6 nitrogen and oxygen atoms in total. The zero-order valence-electron chi connectivity index (χ0n) is 12.3. The molecule has 0 saturated heterocycles. The third-order valence-electron chi connectivity index (χ3n) is 3.28. The Kier molecular flexibility index (Phi) is 4.73. The Morgan fingerprint density at radius 3 is 2.50 bits per heavy atom. The lowest BCUT2D eigenvalue weighted by molar-refractivity contribution is -0.385. The number of benzene rings is 2. The van der Waals surface area contributed by atoms with E-state index in [1.165, 1.54) is 19.2 Å². The standard InChI is InChI=1S/C16H16N2O4/c1-11(12-6-4-3-5-7-12)17-13-8-9-15(18(20)21)14(10-13)16(19)22-2/h3-11,17H,1-2H3. The zero-order chi connectivity index (χ0) is 16.1. The summed E-state index contributed by atoms with van der Waals surface area (Å²) in [5.41, 5.74) is 1.34. The van der Waals surface area contributed by atoms with Crippen molar-refractivity contribution in [1.29, 1.82) is 0 Å². The summed E-state index contributed by atoms with van der Waals surface area (Å²) < 4.78 is 4.60. The monoisotopic (exact) mass is 300 g/mol. The van der Waals surface area contributed by atoms with Crippen molar-refractivity contribution in [2.24, 2.45) is 0 Å². The fourth-order valence-electron chi connectivity index (χ4n) is 2.13. The van der Waals surface area contributed by atoms with E-state index in [-0.39, 0.29) is 17.3 Å². The maximum absolute atomic E-state index is 11.7. The van der Waals surface area contributed by atoms with Crippen molar-refractivity contribution >= 4 is 17.3 Å². The maximum Gasteiger partial charge on any atom is 0.344 e. The molecule has 0 fully saturated rings. The number of nitrogens with one attached hydrogen (secondary N) is 1. The molecule has 0 amide bonds. The molecule has 0 aromatic heterocycles. The van der Waals surface area contributed by atoms with Crippen LogP contribution in [0.2, 0.25) is 0 Å². The van der Waals surface area contributed by atoms with Gasteiger partial charge in [-0.25, -0.2) is 4.79 Å². The van der Waals surface area contributed by atoms with Gasteiger partial charge in [0, 0.05) is 17.8 Å². The molecule has 0 saturated carbocycles. The quantitative estimate of drug-likeness (QED) is 0.518. The fourth-order valence-corrected chi connectivity index (χ4v) is 2.13. The Bertz CT molecular complexity index is 686. The van der Waals surface area contributed by atoms with E-state index >= 15 is 0 Å². The molecule has 1 unspecified atom stereocenters. The van der Waals surface area contributed by atoms with Gasteiger partial charge >= 0.3 is 5.97 Å². The summed E-state index contributed by atoms with van der Waals surface area (Å²) in [6.45, 7) is 1.97. The number of nitro groups is 1. The first-order chi connectivity index (χ1) is 10.5. The van der Waals surface area contributed by atoms with E-state index in [1.807, 2.05) is 37.3 Å².